The van der Waals surface area contributed by atoms with Crippen LogP contribution in [0.25, 0.3) is 0 Å². The molecule has 7 amide bonds. The molecule has 2 rings (SSSR count). The van der Waals surface area contributed by atoms with Crippen molar-refractivity contribution in [2.24, 2.45) is 0 Å². The Kier molecular flexibility index (Phi) is 21.7. The van der Waals surface area contributed by atoms with E-state index in [1.807, 2.05) is 13.0 Å². The predicted octanol–water partition coefficient (Wildman–Crippen LogP) is -0.319. The molecule has 340 valence electrons. The van der Waals surface area contributed by atoms with E-state index in [0.717, 1.165) is 5.56 Å². The lowest BCUT2D eigenvalue weighted by molar-refractivity contribution is -0.197. The van der Waals surface area contributed by atoms with Crippen LogP contribution in [0.4, 0.5) is 0 Å². The second-order valence-electron chi connectivity index (χ2n) is 14.3. The van der Waals surface area contributed by atoms with Gasteiger partial charge in [-0.1, -0.05) is 17.7 Å². The SMILES string of the molecule is Cc1cccc(C(=O)NCCCC[C@@H](NC(=O)[C@@H](CCC(=O)O)NC(=O)[C@@H](CCC(=O)O)NC(=O)[C@@H](CCC(=O)O)NC(=O)CCCCC(=O)ON2C(=O)CCC2=O)C(=O)O)c1. The molecule has 1 aliphatic heterocycles. The quantitative estimate of drug-likeness (QED) is 0.0368. The first-order valence-electron chi connectivity index (χ1n) is 19.8. The number of rotatable bonds is 29. The van der Waals surface area contributed by atoms with Crippen LogP contribution in [0.1, 0.15) is 112 Å². The molecule has 1 aliphatic rings. The molecule has 1 saturated heterocycles. The molecule has 62 heavy (non-hydrogen) atoms. The van der Waals surface area contributed by atoms with Crippen LogP contribution in [-0.4, -0.2) is 127 Å². The fourth-order valence-electron chi connectivity index (χ4n) is 5.87. The summed E-state index contributed by atoms with van der Waals surface area (Å²) in [6.45, 7) is 2.00. The molecule has 1 aromatic carbocycles. The van der Waals surface area contributed by atoms with Crippen LogP contribution < -0.4 is 26.6 Å². The summed E-state index contributed by atoms with van der Waals surface area (Å²) in [5, 5.41) is 49.7. The van der Waals surface area contributed by atoms with Gasteiger partial charge in [-0.3, -0.25) is 47.9 Å². The van der Waals surface area contributed by atoms with E-state index in [-0.39, 0.29) is 63.8 Å². The van der Waals surface area contributed by atoms with Crippen molar-refractivity contribution >= 4 is 71.2 Å². The minimum atomic E-state index is -1.74. The summed E-state index contributed by atoms with van der Waals surface area (Å²) in [4.78, 5) is 152. The van der Waals surface area contributed by atoms with Crippen molar-refractivity contribution in [1.82, 2.24) is 31.6 Å². The summed E-state index contributed by atoms with van der Waals surface area (Å²) in [6, 6.07) is 0.319. The fourth-order valence-corrected chi connectivity index (χ4v) is 5.87. The Morgan fingerprint density at radius 2 is 1.10 bits per heavy atom. The van der Waals surface area contributed by atoms with Crippen molar-refractivity contribution in [3.8, 4) is 0 Å². The van der Waals surface area contributed by atoms with Crippen LogP contribution in [0.5, 0.6) is 0 Å². The second kappa shape index (κ2) is 26.3. The van der Waals surface area contributed by atoms with Crippen molar-refractivity contribution in [2.75, 3.05) is 6.54 Å². The third-order valence-corrected chi connectivity index (χ3v) is 9.19. The van der Waals surface area contributed by atoms with E-state index in [0.29, 0.717) is 17.0 Å². The molecule has 0 bridgehead atoms. The summed E-state index contributed by atoms with van der Waals surface area (Å²) in [6.07, 6.45) is -4.01. The first kappa shape index (κ1) is 51.2. The monoisotopic (exact) mass is 876 g/mol. The number of aryl methyl sites for hydroxylation is 1. The van der Waals surface area contributed by atoms with Gasteiger partial charge in [-0.2, -0.15) is 0 Å². The molecular formula is C39H52N6O17. The number of carbonyl (C=O) groups is 12. The van der Waals surface area contributed by atoms with Gasteiger partial charge in [-0.25, -0.2) is 9.59 Å². The lowest BCUT2D eigenvalue weighted by atomic mass is 10.0. The van der Waals surface area contributed by atoms with Crippen LogP contribution >= 0.6 is 0 Å². The predicted molar refractivity (Wildman–Crippen MR) is 209 cm³/mol. The minimum Gasteiger partial charge on any atom is -0.481 e. The lowest BCUT2D eigenvalue weighted by Crippen LogP contribution is -2.58. The molecule has 1 aromatic rings. The van der Waals surface area contributed by atoms with E-state index in [4.69, 9.17) is 4.84 Å². The van der Waals surface area contributed by atoms with Gasteiger partial charge in [0, 0.05) is 57.1 Å². The molecule has 4 atom stereocenters. The molecule has 1 heterocycles. The normalized spacial score (nSPS) is 14.0. The molecule has 0 unspecified atom stereocenters. The molecule has 0 spiro atoms. The maximum atomic E-state index is 13.5. The van der Waals surface area contributed by atoms with E-state index in [1.54, 1.807) is 18.2 Å². The van der Waals surface area contributed by atoms with Crippen LogP contribution in [0, 0.1) is 6.92 Å². The number of imide groups is 1. The number of nitrogens with zero attached hydrogens (tertiary/aromatic N) is 1. The maximum Gasteiger partial charge on any atom is 0.333 e. The van der Waals surface area contributed by atoms with Gasteiger partial charge < -0.3 is 51.8 Å². The molecule has 23 nitrogen and oxygen atoms in total. The number of carboxylic acid groups (broad SMARTS) is 4. The highest BCUT2D eigenvalue weighted by atomic mass is 16.7. The summed E-state index contributed by atoms with van der Waals surface area (Å²) >= 11 is 0. The van der Waals surface area contributed by atoms with E-state index in [1.165, 1.54) is 0 Å². The van der Waals surface area contributed by atoms with Crippen LogP contribution in [-0.2, 0) is 57.6 Å². The van der Waals surface area contributed by atoms with Gasteiger partial charge in [0.1, 0.15) is 24.2 Å². The molecular weight excluding hydrogens is 824 g/mol. The number of carbonyl (C=O) groups excluding carboxylic acids is 8. The Balaban J connectivity index is 2.07. The molecule has 0 aliphatic carbocycles. The molecule has 1 fully saturated rings. The van der Waals surface area contributed by atoms with Gasteiger partial charge in [0.15, 0.2) is 0 Å². The molecule has 0 radical (unpaired) electrons. The Bertz CT molecular complexity index is 1840. The zero-order valence-electron chi connectivity index (χ0n) is 34.0. The van der Waals surface area contributed by atoms with Gasteiger partial charge >= 0.3 is 29.8 Å². The number of amides is 7. The Morgan fingerprint density at radius 3 is 1.58 bits per heavy atom. The Labute approximate surface area is 354 Å². The number of carboxylic acids is 4. The largest absolute Gasteiger partial charge is 0.481 e. The third kappa shape index (κ3) is 19.4. The molecule has 0 saturated carbocycles. The Hall–Kier alpha value is -6.94. The van der Waals surface area contributed by atoms with Gasteiger partial charge in [0.2, 0.25) is 23.6 Å². The number of hydrogen-bond donors (Lipinski definition) is 9. The lowest BCUT2D eigenvalue weighted by Gasteiger charge is -2.26. The zero-order valence-corrected chi connectivity index (χ0v) is 34.0. The highest BCUT2D eigenvalue weighted by Crippen LogP contribution is 2.14. The first-order chi connectivity index (χ1) is 29.3. The van der Waals surface area contributed by atoms with Crippen molar-refractivity contribution in [3.63, 3.8) is 0 Å². The standard InChI is InChI=1S/C39H52N6O17/c1-22-7-6-8-23(21-22)35(56)40-20-5-4-9-27(39(60)61)44-38(59)26(14-19-33(53)54)43-37(58)25(13-18-32(51)52)42-36(57)24(12-17-31(49)50)41-28(46)10-2-3-11-34(55)62-45-29(47)15-16-30(45)48/h6-8,21,24-27H,2-5,9-20H2,1H3,(H,40,56)(H,41,46)(H,42,57)(H,43,58)(H,44,59)(H,49,50)(H,51,52)(H,53,54)(H,60,61)/t24-,25-,26-,27-/m1/s1. The van der Waals surface area contributed by atoms with Crippen molar-refractivity contribution in [1.29, 1.82) is 0 Å². The van der Waals surface area contributed by atoms with E-state index in [2.05, 4.69) is 26.6 Å². The number of unbranched alkanes of at least 4 members (excludes halogenated alkanes) is 2. The summed E-state index contributed by atoms with van der Waals surface area (Å²) < 4.78 is 0. The van der Waals surface area contributed by atoms with Crippen LogP contribution in [0.15, 0.2) is 24.3 Å². The molecule has 23 heteroatoms. The van der Waals surface area contributed by atoms with Gasteiger partial charge in [0.25, 0.3) is 17.7 Å². The van der Waals surface area contributed by atoms with Crippen molar-refractivity contribution in [2.45, 2.75) is 127 Å². The van der Waals surface area contributed by atoms with E-state index < -0.39 is 128 Å². The number of benzene rings is 1. The maximum absolute atomic E-state index is 13.5. The average molecular weight is 877 g/mol. The fraction of sp³-hybridized carbons (Fsp3) is 0.538. The van der Waals surface area contributed by atoms with Gasteiger partial charge in [-0.05, 0) is 70.4 Å². The summed E-state index contributed by atoms with van der Waals surface area (Å²) in [7, 11) is 0. The van der Waals surface area contributed by atoms with Gasteiger partial charge in [-0.15, -0.1) is 5.06 Å². The van der Waals surface area contributed by atoms with Crippen LogP contribution in [0.3, 0.4) is 0 Å². The number of nitrogens with one attached hydrogen (secondary N) is 5. The van der Waals surface area contributed by atoms with Gasteiger partial charge in [0.05, 0.1) is 0 Å². The first-order valence-corrected chi connectivity index (χ1v) is 19.8. The van der Waals surface area contributed by atoms with Crippen LogP contribution in [0.2, 0.25) is 0 Å². The molecule has 0 aromatic heterocycles. The second-order valence-corrected chi connectivity index (χ2v) is 14.3. The summed E-state index contributed by atoms with van der Waals surface area (Å²) in [5.41, 5.74) is 1.31. The molecule has 9 N–H and O–H groups in total. The number of aliphatic carboxylic acids is 4. The average Bonchev–Trinajstić information content (AvgIpc) is 3.51. The third-order valence-electron chi connectivity index (χ3n) is 9.19. The summed E-state index contributed by atoms with van der Waals surface area (Å²) in [5.74, 6) is -12.4. The minimum absolute atomic E-state index is 0.0367. The zero-order chi connectivity index (χ0) is 46.4. The Morgan fingerprint density at radius 1 is 0.613 bits per heavy atom. The topological polar surface area (TPSA) is 358 Å². The van der Waals surface area contributed by atoms with Crippen molar-refractivity contribution < 1.29 is 82.8 Å². The highest BCUT2D eigenvalue weighted by molar-refractivity contribution is 6.01. The highest BCUT2D eigenvalue weighted by Gasteiger charge is 2.34. The van der Waals surface area contributed by atoms with E-state index in [9.17, 15) is 78.0 Å². The van der Waals surface area contributed by atoms with E-state index >= 15 is 0 Å². The van der Waals surface area contributed by atoms with Crippen molar-refractivity contribution in [3.05, 3.63) is 35.4 Å². The number of hydrogen-bond acceptors (Lipinski definition) is 13. The smallest absolute Gasteiger partial charge is 0.333 e. The number of hydroxylamine groups is 2.